The Morgan fingerprint density at radius 2 is 2.40 bits per heavy atom. The number of amides is 1. The molecule has 0 spiro atoms. The SMILES string of the molecule is CC[C@H](SC)C(=O)N[C@@H]1CNC[C@@H]1OC. The molecule has 0 aromatic carbocycles. The molecule has 3 atom stereocenters. The standard InChI is InChI=1S/C10H20N2O2S/c1-4-9(15-3)10(13)12-7-5-11-6-8(7)14-2/h7-9,11H,4-6H2,1-3H3,(H,12,13)/t7-,8+,9+/m1/s1. The first-order valence-electron chi connectivity index (χ1n) is 5.29. The average Bonchev–Trinajstić information content (AvgIpc) is 2.67. The number of rotatable bonds is 5. The van der Waals surface area contributed by atoms with Gasteiger partial charge in [-0.2, -0.15) is 11.8 Å². The minimum absolute atomic E-state index is 0.0584. The van der Waals surface area contributed by atoms with E-state index in [1.807, 2.05) is 13.2 Å². The maximum atomic E-state index is 11.8. The van der Waals surface area contributed by atoms with Crippen LogP contribution in [0.4, 0.5) is 0 Å². The van der Waals surface area contributed by atoms with E-state index in [0.29, 0.717) is 0 Å². The van der Waals surface area contributed by atoms with Crippen molar-refractivity contribution in [3.63, 3.8) is 0 Å². The maximum Gasteiger partial charge on any atom is 0.233 e. The first-order valence-corrected chi connectivity index (χ1v) is 6.58. The number of carbonyl (C=O) groups is 1. The molecule has 0 aliphatic carbocycles. The van der Waals surface area contributed by atoms with Gasteiger partial charge in [-0.05, 0) is 12.7 Å². The smallest absolute Gasteiger partial charge is 0.233 e. The molecule has 0 aromatic heterocycles. The molecule has 2 N–H and O–H groups in total. The third kappa shape index (κ3) is 3.36. The number of hydrogen-bond acceptors (Lipinski definition) is 4. The summed E-state index contributed by atoms with van der Waals surface area (Å²) < 4.78 is 5.29. The highest BCUT2D eigenvalue weighted by Gasteiger charge is 2.29. The van der Waals surface area contributed by atoms with Gasteiger partial charge in [0.05, 0.1) is 17.4 Å². The average molecular weight is 232 g/mol. The third-order valence-electron chi connectivity index (χ3n) is 2.74. The first kappa shape index (κ1) is 12.8. The van der Waals surface area contributed by atoms with Gasteiger partial charge in [-0.3, -0.25) is 4.79 Å². The molecule has 0 radical (unpaired) electrons. The Labute approximate surface area is 95.5 Å². The van der Waals surface area contributed by atoms with Gasteiger partial charge in [0.2, 0.25) is 5.91 Å². The van der Waals surface area contributed by atoms with Crippen LogP contribution in [-0.4, -0.2) is 49.8 Å². The van der Waals surface area contributed by atoms with Crippen molar-refractivity contribution in [3.8, 4) is 0 Å². The Kier molecular flexibility index (Phi) is 5.42. The van der Waals surface area contributed by atoms with Crippen molar-refractivity contribution in [2.45, 2.75) is 30.7 Å². The molecule has 1 heterocycles. The Bertz CT molecular complexity index is 210. The zero-order chi connectivity index (χ0) is 11.3. The molecular weight excluding hydrogens is 212 g/mol. The topological polar surface area (TPSA) is 50.4 Å². The molecule has 0 saturated carbocycles. The molecule has 1 aliphatic rings. The van der Waals surface area contributed by atoms with Crippen LogP contribution >= 0.6 is 11.8 Å². The number of ether oxygens (including phenoxy) is 1. The quantitative estimate of drug-likeness (QED) is 0.712. The fourth-order valence-electron chi connectivity index (χ4n) is 1.78. The van der Waals surface area contributed by atoms with Crippen LogP contribution in [-0.2, 0) is 9.53 Å². The second kappa shape index (κ2) is 6.35. The van der Waals surface area contributed by atoms with E-state index >= 15 is 0 Å². The zero-order valence-electron chi connectivity index (χ0n) is 9.58. The first-order chi connectivity index (χ1) is 7.22. The van der Waals surface area contributed by atoms with Crippen molar-refractivity contribution in [1.29, 1.82) is 0 Å². The van der Waals surface area contributed by atoms with Gasteiger partial charge in [0, 0.05) is 20.2 Å². The molecule has 1 rings (SSSR count). The summed E-state index contributed by atoms with van der Waals surface area (Å²) in [6.07, 6.45) is 2.94. The summed E-state index contributed by atoms with van der Waals surface area (Å²) in [4.78, 5) is 11.8. The Morgan fingerprint density at radius 3 is 2.93 bits per heavy atom. The molecular formula is C10H20N2O2S. The van der Waals surface area contributed by atoms with Crippen LogP contribution in [0.1, 0.15) is 13.3 Å². The van der Waals surface area contributed by atoms with Crippen LogP contribution in [0.3, 0.4) is 0 Å². The van der Waals surface area contributed by atoms with Crippen molar-refractivity contribution in [1.82, 2.24) is 10.6 Å². The van der Waals surface area contributed by atoms with Crippen LogP contribution < -0.4 is 10.6 Å². The van der Waals surface area contributed by atoms with E-state index in [2.05, 4.69) is 10.6 Å². The van der Waals surface area contributed by atoms with Gasteiger partial charge in [0.25, 0.3) is 0 Å². The summed E-state index contributed by atoms with van der Waals surface area (Å²) in [7, 11) is 1.68. The molecule has 5 heteroatoms. The predicted octanol–water partition coefficient (Wildman–Crippen LogP) is 0.231. The van der Waals surface area contributed by atoms with Gasteiger partial charge in [-0.15, -0.1) is 0 Å². The van der Waals surface area contributed by atoms with Crippen LogP contribution in [0, 0.1) is 0 Å². The fraction of sp³-hybridized carbons (Fsp3) is 0.900. The highest BCUT2D eigenvalue weighted by molar-refractivity contribution is 7.99. The Balaban J connectivity index is 2.42. The summed E-state index contributed by atoms with van der Waals surface area (Å²) in [5.74, 6) is 0.126. The van der Waals surface area contributed by atoms with Crippen molar-refractivity contribution in [2.75, 3.05) is 26.5 Å². The number of methoxy groups -OCH3 is 1. The molecule has 15 heavy (non-hydrogen) atoms. The lowest BCUT2D eigenvalue weighted by Crippen LogP contribution is -2.46. The lowest BCUT2D eigenvalue weighted by Gasteiger charge is -2.21. The van der Waals surface area contributed by atoms with Gasteiger partial charge in [0.1, 0.15) is 0 Å². The molecule has 88 valence electrons. The van der Waals surface area contributed by atoms with Crippen LogP contribution in [0.15, 0.2) is 0 Å². The minimum atomic E-state index is 0.0584. The second-order valence-corrected chi connectivity index (χ2v) is 4.72. The molecule has 0 bridgehead atoms. The van der Waals surface area contributed by atoms with Crippen molar-refractivity contribution in [2.24, 2.45) is 0 Å². The van der Waals surface area contributed by atoms with E-state index in [0.717, 1.165) is 19.5 Å². The summed E-state index contributed by atoms with van der Waals surface area (Å²) >= 11 is 1.60. The molecule has 0 aromatic rings. The summed E-state index contributed by atoms with van der Waals surface area (Å²) in [6.45, 7) is 3.65. The van der Waals surface area contributed by atoms with Gasteiger partial charge < -0.3 is 15.4 Å². The van der Waals surface area contributed by atoms with Crippen molar-refractivity contribution >= 4 is 17.7 Å². The van der Waals surface area contributed by atoms with E-state index in [1.165, 1.54) is 0 Å². The minimum Gasteiger partial charge on any atom is -0.378 e. The van der Waals surface area contributed by atoms with Gasteiger partial charge in [0.15, 0.2) is 0 Å². The summed E-state index contributed by atoms with van der Waals surface area (Å²) in [6, 6.07) is 0.115. The number of hydrogen-bond donors (Lipinski definition) is 2. The Hall–Kier alpha value is -0.260. The molecule has 4 nitrogen and oxygen atoms in total. The molecule has 1 fully saturated rings. The van der Waals surface area contributed by atoms with E-state index in [4.69, 9.17) is 4.74 Å². The van der Waals surface area contributed by atoms with Crippen LogP contribution in [0.2, 0.25) is 0 Å². The van der Waals surface area contributed by atoms with Gasteiger partial charge in [-0.25, -0.2) is 0 Å². The lowest BCUT2D eigenvalue weighted by molar-refractivity contribution is -0.121. The third-order valence-corrected chi connectivity index (χ3v) is 3.85. The monoisotopic (exact) mass is 232 g/mol. The van der Waals surface area contributed by atoms with Crippen molar-refractivity contribution in [3.05, 3.63) is 0 Å². The van der Waals surface area contributed by atoms with Gasteiger partial charge >= 0.3 is 0 Å². The summed E-state index contributed by atoms with van der Waals surface area (Å²) in [5.41, 5.74) is 0. The molecule has 0 unspecified atom stereocenters. The van der Waals surface area contributed by atoms with Gasteiger partial charge in [-0.1, -0.05) is 6.92 Å². The van der Waals surface area contributed by atoms with E-state index in [-0.39, 0.29) is 23.3 Å². The fourth-order valence-corrected chi connectivity index (χ4v) is 2.40. The number of thioether (sulfide) groups is 1. The largest absolute Gasteiger partial charge is 0.378 e. The van der Waals surface area contributed by atoms with Crippen LogP contribution in [0.25, 0.3) is 0 Å². The molecule has 1 amide bonds. The highest BCUT2D eigenvalue weighted by atomic mass is 32.2. The zero-order valence-corrected chi connectivity index (χ0v) is 10.4. The highest BCUT2D eigenvalue weighted by Crippen LogP contribution is 2.12. The van der Waals surface area contributed by atoms with E-state index in [9.17, 15) is 4.79 Å². The van der Waals surface area contributed by atoms with Crippen molar-refractivity contribution < 1.29 is 9.53 Å². The molecule has 1 saturated heterocycles. The maximum absolute atomic E-state index is 11.8. The lowest BCUT2D eigenvalue weighted by atomic mass is 10.2. The Morgan fingerprint density at radius 1 is 1.67 bits per heavy atom. The number of carbonyl (C=O) groups excluding carboxylic acids is 1. The van der Waals surface area contributed by atoms with E-state index < -0.39 is 0 Å². The molecule has 1 aliphatic heterocycles. The normalized spacial score (nSPS) is 27.7. The van der Waals surface area contributed by atoms with E-state index in [1.54, 1.807) is 18.9 Å². The summed E-state index contributed by atoms with van der Waals surface area (Å²) in [5, 5.41) is 6.30. The number of nitrogens with one attached hydrogen (secondary N) is 2. The van der Waals surface area contributed by atoms with Crippen LogP contribution in [0.5, 0.6) is 0 Å². The second-order valence-electron chi connectivity index (χ2n) is 3.68. The predicted molar refractivity (Wildman–Crippen MR) is 63.2 cm³/mol.